The van der Waals surface area contributed by atoms with E-state index in [0.717, 1.165) is 6.42 Å². The number of rotatable bonds is 5. The van der Waals surface area contributed by atoms with Crippen LogP contribution in [0.2, 0.25) is 5.02 Å². The van der Waals surface area contributed by atoms with Gasteiger partial charge in [0.1, 0.15) is 4.90 Å². The van der Waals surface area contributed by atoms with Crippen LogP contribution in [-0.4, -0.2) is 61.4 Å². The first-order valence-electron chi connectivity index (χ1n) is 7.49. The van der Waals surface area contributed by atoms with Crippen LogP contribution in [0.1, 0.15) is 19.3 Å². The molecule has 1 atom stereocenters. The molecule has 1 aliphatic rings. The molecule has 6 nitrogen and oxygen atoms in total. The van der Waals surface area contributed by atoms with E-state index in [4.69, 9.17) is 16.7 Å². The van der Waals surface area contributed by atoms with Gasteiger partial charge in [-0.1, -0.05) is 23.7 Å². The molecule has 0 saturated carbocycles. The van der Waals surface area contributed by atoms with Gasteiger partial charge < -0.3 is 5.11 Å². The lowest BCUT2D eigenvalue weighted by Gasteiger charge is -2.25. The molecule has 8 heteroatoms. The Morgan fingerprint density at radius 1 is 1.35 bits per heavy atom. The van der Waals surface area contributed by atoms with Crippen molar-refractivity contribution in [3.05, 3.63) is 29.3 Å². The first-order valence-corrected chi connectivity index (χ1v) is 9.31. The summed E-state index contributed by atoms with van der Waals surface area (Å²) in [6.07, 6.45) is 2.07. The molecular formula is C15H21ClN2O4S. The molecule has 1 heterocycles. The Hall–Kier alpha value is -1.15. The predicted octanol–water partition coefficient (Wildman–Crippen LogP) is 1.90. The van der Waals surface area contributed by atoms with E-state index in [-0.39, 0.29) is 22.5 Å². The van der Waals surface area contributed by atoms with E-state index in [0.29, 0.717) is 25.9 Å². The van der Waals surface area contributed by atoms with Crippen molar-refractivity contribution in [2.24, 2.45) is 0 Å². The van der Waals surface area contributed by atoms with E-state index >= 15 is 0 Å². The van der Waals surface area contributed by atoms with Crippen molar-refractivity contribution < 1.29 is 18.3 Å². The molecule has 2 rings (SSSR count). The van der Waals surface area contributed by atoms with Gasteiger partial charge in [0, 0.05) is 19.1 Å². The molecule has 1 aliphatic heterocycles. The number of sulfonamides is 1. The summed E-state index contributed by atoms with van der Waals surface area (Å²) in [5.41, 5.74) is 0. The molecule has 1 N–H and O–H groups in total. The maximum absolute atomic E-state index is 12.7. The van der Waals surface area contributed by atoms with Gasteiger partial charge in [-0.05, 0) is 38.4 Å². The summed E-state index contributed by atoms with van der Waals surface area (Å²) >= 11 is 6.03. The number of nitrogens with zero attached hydrogens (tertiary/aromatic N) is 2. The van der Waals surface area contributed by atoms with Crippen molar-refractivity contribution in [3.8, 4) is 0 Å². The van der Waals surface area contributed by atoms with E-state index in [1.54, 1.807) is 30.1 Å². The third kappa shape index (κ3) is 4.44. The molecule has 0 radical (unpaired) electrons. The summed E-state index contributed by atoms with van der Waals surface area (Å²) in [7, 11) is -1.86. The molecule has 0 bridgehead atoms. The topological polar surface area (TPSA) is 77.9 Å². The normalized spacial score (nSPS) is 20.4. The van der Waals surface area contributed by atoms with Crippen LogP contribution >= 0.6 is 11.6 Å². The number of carboxylic acids is 1. The van der Waals surface area contributed by atoms with Crippen molar-refractivity contribution in [1.29, 1.82) is 0 Å². The van der Waals surface area contributed by atoms with Crippen molar-refractivity contribution in [1.82, 2.24) is 9.21 Å². The van der Waals surface area contributed by atoms with E-state index in [1.807, 2.05) is 0 Å². The average molecular weight is 361 g/mol. The lowest BCUT2D eigenvalue weighted by molar-refractivity contribution is -0.138. The SMILES string of the molecule is CN(CC(=O)O)C1CCCN(S(=O)(=O)c2ccccc2Cl)CC1. The lowest BCUT2D eigenvalue weighted by Crippen LogP contribution is -2.37. The highest BCUT2D eigenvalue weighted by atomic mass is 35.5. The number of likely N-dealkylation sites (N-methyl/N-ethyl adjacent to an activating group) is 1. The fourth-order valence-electron chi connectivity index (χ4n) is 2.87. The quantitative estimate of drug-likeness (QED) is 0.867. The van der Waals surface area contributed by atoms with E-state index in [1.165, 1.54) is 10.4 Å². The summed E-state index contributed by atoms with van der Waals surface area (Å²) in [6.45, 7) is 0.745. The largest absolute Gasteiger partial charge is 0.480 e. The summed E-state index contributed by atoms with van der Waals surface area (Å²) in [4.78, 5) is 12.7. The Balaban J connectivity index is 2.11. The van der Waals surface area contributed by atoms with Gasteiger partial charge in [0.2, 0.25) is 10.0 Å². The van der Waals surface area contributed by atoms with Crippen LogP contribution in [-0.2, 0) is 14.8 Å². The highest BCUT2D eigenvalue weighted by molar-refractivity contribution is 7.89. The highest BCUT2D eigenvalue weighted by Gasteiger charge is 2.30. The van der Waals surface area contributed by atoms with Gasteiger partial charge >= 0.3 is 5.97 Å². The molecule has 1 saturated heterocycles. The second kappa shape index (κ2) is 7.61. The number of carbonyl (C=O) groups is 1. The second-order valence-electron chi connectivity index (χ2n) is 5.73. The van der Waals surface area contributed by atoms with Gasteiger partial charge in [-0.25, -0.2) is 8.42 Å². The molecule has 0 aromatic heterocycles. The van der Waals surface area contributed by atoms with Gasteiger partial charge in [0.05, 0.1) is 11.6 Å². The minimum Gasteiger partial charge on any atom is -0.480 e. The van der Waals surface area contributed by atoms with Crippen molar-refractivity contribution >= 4 is 27.6 Å². The number of benzene rings is 1. The summed E-state index contributed by atoms with van der Waals surface area (Å²) < 4.78 is 26.9. The summed E-state index contributed by atoms with van der Waals surface area (Å²) in [6, 6.07) is 6.49. The molecule has 1 aromatic rings. The van der Waals surface area contributed by atoms with Crippen LogP contribution in [0.3, 0.4) is 0 Å². The third-order valence-corrected chi connectivity index (χ3v) is 6.52. The van der Waals surface area contributed by atoms with Crippen molar-refractivity contribution in [2.75, 3.05) is 26.7 Å². The van der Waals surface area contributed by atoms with Gasteiger partial charge in [0.25, 0.3) is 0 Å². The maximum Gasteiger partial charge on any atom is 0.317 e. The minimum absolute atomic E-state index is 0.0398. The Bertz CT molecular complexity index is 665. The maximum atomic E-state index is 12.7. The molecule has 1 unspecified atom stereocenters. The molecule has 128 valence electrons. The van der Waals surface area contributed by atoms with Gasteiger partial charge in [-0.3, -0.25) is 9.69 Å². The number of carboxylic acid groups (broad SMARTS) is 1. The summed E-state index contributed by atoms with van der Waals surface area (Å²) in [5.74, 6) is -0.878. The van der Waals surface area contributed by atoms with Crippen LogP contribution < -0.4 is 0 Å². The van der Waals surface area contributed by atoms with Crippen LogP contribution in [0.25, 0.3) is 0 Å². The second-order valence-corrected chi connectivity index (χ2v) is 8.04. The standard InChI is InChI=1S/C15H21ClN2O4S/c1-17(11-15(19)20)12-5-4-9-18(10-8-12)23(21,22)14-7-3-2-6-13(14)16/h2-3,6-7,12H,4-5,8-11H2,1H3,(H,19,20). The lowest BCUT2D eigenvalue weighted by atomic mass is 10.1. The van der Waals surface area contributed by atoms with Crippen LogP contribution in [0.5, 0.6) is 0 Å². The smallest absolute Gasteiger partial charge is 0.317 e. The zero-order chi connectivity index (χ0) is 17.0. The van der Waals surface area contributed by atoms with E-state index < -0.39 is 16.0 Å². The predicted molar refractivity (Wildman–Crippen MR) is 88.1 cm³/mol. The number of aliphatic carboxylic acids is 1. The highest BCUT2D eigenvalue weighted by Crippen LogP contribution is 2.26. The van der Waals surface area contributed by atoms with Crippen LogP contribution in [0.4, 0.5) is 0 Å². The van der Waals surface area contributed by atoms with Gasteiger partial charge in [-0.15, -0.1) is 0 Å². The molecular weight excluding hydrogens is 340 g/mol. The fourth-order valence-corrected chi connectivity index (χ4v) is 4.86. The molecule has 23 heavy (non-hydrogen) atoms. The van der Waals surface area contributed by atoms with E-state index in [2.05, 4.69) is 0 Å². The van der Waals surface area contributed by atoms with Crippen LogP contribution in [0.15, 0.2) is 29.2 Å². The third-order valence-electron chi connectivity index (χ3n) is 4.12. The Kier molecular flexibility index (Phi) is 6.02. The molecule has 0 amide bonds. The molecule has 1 aromatic carbocycles. The van der Waals surface area contributed by atoms with Gasteiger partial charge in [-0.2, -0.15) is 4.31 Å². The van der Waals surface area contributed by atoms with Gasteiger partial charge in [0.15, 0.2) is 0 Å². The summed E-state index contributed by atoms with van der Waals surface area (Å²) in [5, 5.41) is 9.10. The Morgan fingerprint density at radius 2 is 2.04 bits per heavy atom. The Morgan fingerprint density at radius 3 is 2.70 bits per heavy atom. The monoisotopic (exact) mass is 360 g/mol. The Labute approximate surface area is 141 Å². The molecule has 1 fully saturated rings. The zero-order valence-corrected chi connectivity index (χ0v) is 14.6. The number of hydrogen-bond acceptors (Lipinski definition) is 4. The van der Waals surface area contributed by atoms with Crippen molar-refractivity contribution in [2.45, 2.75) is 30.2 Å². The molecule has 0 spiro atoms. The molecule has 0 aliphatic carbocycles. The number of hydrogen-bond donors (Lipinski definition) is 1. The average Bonchev–Trinajstić information content (AvgIpc) is 2.73. The van der Waals surface area contributed by atoms with E-state index in [9.17, 15) is 13.2 Å². The first-order chi connectivity index (χ1) is 10.8. The van der Waals surface area contributed by atoms with Crippen LogP contribution in [0, 0.1) is 0 Å². The zero-order valence-electron chi connectivity index (χ0n) is 13.0. The van der Waals surface area contributed by atoms with Crippen molar-refractivity contribution in [3.63, 3.8) is 0 Å². The number of halogens is 1. The first kappa shape index (κ1) is 18.2. The minimum atomic E-state index is -3.62. The fraction of sp³-hybridized carbons (Fsp3) is 0.533.